The van der Waals surface area contributed by atoms with E-state index >= 15 is 0 Å². The smallest absolute Gasteiger partial charge is 0.139 e. The van der Waals surface area contributed by atoms with Crippen LogP contribution in [-0.4, -0.2) is 15.7 Å². The fourth-order valence-corrected chi connectivity index (χ4v) is 2.62. The molecule has 1 heterocycles. The van der Waals surface area contributed by atoms with E-state index in [1.54, 1.807) is 0 Å². The summed E-state index contributed by atoms with van der Waals surface area (Å²) >= 11 is 7.13. The van der Waals surface area contributed by atoms with Crippen molar-refractivity contribution in [1.29, 1.82) is 0 Å². The Morgan fingerprint density at radius 1 is 1.44 bits per heavy atom. The summed E-state index contributed by atoms with van der Waals surface area (Å²) < 4.78 is 10.3. The van der Waals surface area contributed by atoms with Crippen molar-refractivity contribution in [1.82, 2.24) is 9.59 Å². The summed E-state index contributed by atoms with van der Waals surface area (Å²) in [5.74, 6) is 0. The molecule has 0 amide bonds. The predicted octanol–water partition coefficient (Wildman–Crippen LogP) is 3.68. The second-order valence-electron chi connectivity index (χ2n) is 5.17. The fraction of sp³-hybridized carbons (Fsp3) is 0.818. The van der Waals surface area contributed by atoms with Crippen LogP contribution in [0.4, 0.5) is 0 Å². The Balaban J connectivity index is 1.78. The van der Waals surface area contributed by atoms with Gasteiger partial charge in [0.1, 0.15) is 10.0 Å². The Labute approximate surface area is 105 Å². The molecule has 0 aliphatic heterocycles. The summed E-state index contributed by atoms with van der Waals surface area (Å²) in [5, 5.41) is 3.94. The molecule has 0 saturated heterocycles. The van der Waals surface area contributed by atoms with Crippen LogP contribution in [0.1, 0.15) is 45.2 Å². The van der Waals surface area contributed by atoms with E-state index in [2.05, 4.69) is 23.4 Å². The zero-order chi connectivity index (χ0) is 11.6. The summed E-state index contributed by atoms with van der Waals surface area (Å²) in [7, 11) is 0. The van der Waals surface area contributed by atoms with Crippen molar-refractivity contribution in [2.24, 2.45) is 5.41 Å². The number of halogens is 1. The average Bonchev–Trinajstić information content (AvgIpc) is 2.63. The molecule has 3 nitrogen and oxygen atoms in total. The van der Waals surface area contributed by atoms with Gasteiger partial charge < -0.3 is 4.74 Å². The number of rotatable bonds is 3. The lowest BCUT2D eigenvalue weighted by Crippen LogP contribution is -2.26. The van der Waals surface area contributed by atoms with Gasteiger partial charge in [-0.2, -0.15) is 0 Å². The van der Waals surface area contributed by atoms with Gasteiger partial charge in [-0.15, -0.1) is 5.10 Å². The van der Waals surface area contributed by atoms with E-state index in [1.165, 1.54) is 24.4 Å². The van der Waals surface area contributed by atoms with Gasteiger partial charge in [0.05, 0.1) is 12.7 Å². The highest BCUT2D eigenvalue weighted by molar-refractivity contribution is 7.10. The van der Waals surface area contributed by atoms with Crippen LogP contribution in [-0.2, 0) is 11.3 Å². The molecule has 0 radical (unpaired) electrons. The minimum absolute atomic E-state index is 0.366. The van der Waals surface area contributed by atoms with Gasteiger partial charge in [-0.25, -0.2) is 0 Å². The van der Waals surface area contributed by atoms with Crippen LogP contribution in [0.25, 0.3) is 0 Å². The lowest BCUT2D eigenvalue weighted by molar-refractivity contribution is -0.00685. The summed E-state index contributed by atoms with van der Waals surface area (Å²) in [6.07, 6.45) is 5.12. The molecule has 0 aromatic carbocycles. The summed E-state index contributed by atoms with van der Waals surface area (Å²) in [6.45, 7) is 5.15. The van der Waals surface area contributed by atoms with E-state index in [4.69, 9.17) is 16.3 Å². The van der Waals surface area contributed by atoms with Crippen LogP contribution < -0.4 is 0 Å². The third-order valence-corrected chi connectivity index (χ3v) is 4.24. The van der Waals surface area contributed by atoms with Gasteiger partial charge >= 0.3 is 0 Å². The van der Waals surface area contributed by atoms with Crippen molar-refractivity contribution in [3.05, 3.63) is 10.0 Å². The minimum atomic E-state index is 0.366. The SMILES string of the molecule is CC1(C)CCC(OCc2nnsc2Cl)CC1. The topological polar surface area (TPSA) is 35.0 Å². The molecule has 1 aromatic heterocycles. The van der Waals surface area contributed by atoms with Gasteiger partial charge in [-0.05, 0) is 31.1 Å². The maximum absolute atomic E-state index is 5.92. The van der Waals surface area contributed by atoms with Crippen LogP contribution in [0, 0.1) is 5.41 Å². The third-order valence-electron chi connectivity index (χ3n) is 3.25. The van der Waals surface area contributed by atoms with Crippen LogP contribution in [0.15, 0.2) is 0 Å². The van der Waals surface area contributed by atoms with Crippen LogP contribution in [0.5, 0.6) is 0 Å². The van der Waals surface area contributed by atoms with Gasteiger partial charge in [-0.3, -0.25) is 0 Å². The van der Waals surface area contributed by atoms with Gasteiger partial charge in [0.15, 0.2) is 0 Å². The number of ether oxygens (including phenoxy) is 1. The van der Waals surface area contributed by atoms with Gasteiger partial charge in [-0.1, -0.05) is 29.9 Å². The summed E-state index contributed by atoms with van der Waals surface area (Å²) in [6, 6.07) is 0. The molecule has 1 aromatic rings. The highest BCUT2D eigenvalue weighted by Crippen LogP contribution is 2.36. The number of nitrogens with zero attached hydrogens (tertiary/aromatic N) is 2. The molecule has 5 heteroatoms. The molecule has 0 spiro atoms. The van der Waals surface area contributed by atoms with Crippen molar-refractivity contribution in [3.8, 4) is 0 Å². The van der Waals surface area contributed by atoms with Crippen molar-refractivity contribution in [3.63, 3.8) is 0 Å². The standard InChI is InChI=1S/C11H17ClN2OS/c1-11(2)5-3-8(4-6-11)15-7-9-10(12)16-14-13-9/h8H,3-7H2,1-2H3. The molecular weight excluding hydrogens is 244 g/mol. The highest BCUT2D eigenvalue weighted by atomic mass is 35.5. The van der Waals surface area contributed by atoms with E-state index in [-0.39, 0.29) is 0 Å². The van der Waals surface area contributed by atoms with Crippen molar-refractivity contribution in [2.75, 3.05) is 0 Å². The van der Waals surface area contributed by atoms with Crippen molar-refractivity contribution < 1.29 is 4.74 Å². The molecule has 1 fully saturated rings. The maximum atomic E-state index is 5.92. The first kappa shape index (κ1) is 12.3. The zero-order valence-corrected chi connectivity index (χ0v) is 11.3. The van der Waals surface area contributed by atoms with Crippen molar-refractivity contribution >= 4 is 23.1 Å². The van der Waals surface area contributed by atoms with Crippen LogP contribution >= 0.6 is 23.1 Å². The van der Waals surface area contributed by atoms with E-state index < -0.39 is 0 Å². The molecule has 90 valence electrons. The van der Waals surface area contributed by atoms with E-state index in [0.29, 0.717) is 22.5 Å². The lowest BCUT2D eigenvalue weighted by atomic mass is 9.76. The summed E-state index contributed by atoms with van der Waals surface area (Å²) in [5.41, 5.74) is 1.26. The first-order valence-electron chi connectivity index (χ1n) is 5.65. The Morgan fingerprint density at radius 2 is 2.12 bits per heavy atom. The number of hydrogen-bond acceptors (Lipinski definition) is 4. The van der Waals surface area contributed by atoms with Crippen molar-refractivity contribution in [2.45, 2.75) is 52.2 Å². The molecule has 1 aliphatic carbocycles. The molecule has 1 saturated carbocycles. The minimum Gasteiger partial charge on any atom is -0.372 e. The number of hydrogen-bond donors (Lipinski definition) is 0. The fourth-order valence-electron chi connectivity index (χ4n) is 2.02. The quantitative estimate of drug-likeness (QED) is 0.832. The third kappa shape index (κ3) is 3.15. The molecule has 0 bridgehead atoms. The average molecular weight is 261 g/mol. The molecule has 1 aliphatic rings. The Morgan fingerprint density at radius 3 is 2.69 bits per heavy atom. The van der Waals surface area contributed by atoms with E-state index in [0.717, 1.165) is 18.5 Å². The van der Waals surface area contributed by atoms with Gasteiger partial charge in [0.2, 0.25) is 0 Å². The molecule has 0 atom stereocenters. The predicted molar refractivity (Wildman–Crippen MR) is 65.7 cm³/mol. The Bertz CT molecular complexity index is 344. The number of aromatic nitrogens is 2. The molecular formula is C11H17ClN2OS. The van der Waals surface area contributed by atoms with E-state index in [9.17, 15) is 0 Å². The first-order valence-corrected chi connectivity index (χ1v) is 6.80. The Hall–Kier alpha value is -0.190. The highest BCUT2D eigenvalue weighted by Gasteiger charge is 2.27. The Kier molecular flexibility index (Phi) is 3.82. The molecule has 2 rings (SSSR count). The van der Waals surface area contributed by atoms with Crippen LogP contribution in [0.3, 0.4) is 0 Å². The van der Waals surface area contributed by atoms with E-state index in [1.807, 2.05) is 0 Å². The first-order chi connectivity index (χ1) is 7.57. The maximum Gasteiger partial charge on any atom is 0.139 e. The largest absolute Gasteiger partial charge is 0.372 e. The molecule has 0 unspecified atom stereocenters. The molecule has 0 N–H and O–H groups in total. The monoisotopic (exact) mass is 260 g/mol. The van der Waals surface area contributed by atoms with Crippen LogP contribution in [0.2, 0.25) is 4.34 Å². The van der Waals surface area contributed by atoms with Gasteiger partial charge in [0, 0.05) is 11.5 Å². The summed E-state index contributed by atoms with van der Waals surface area (Å²) in [4.78, 5) is 0. The van der Waals surface area contributed by atoms with Gasteiger partial charge in [0.25, 0.3) is 0 Å². The lowest BCUT2D eigenvalue weighted by Gasteiger charge is -2.34. The normalized spacial score (nSPS) is 21.2. The molecule has 16 heavy (non-hydrogen) atoms. The zero-order valence-electron chi connectivity index (χ0n) is 9.70. The second kappa shape index (κ2) is 4.98. The second-order valence-corrected chi connectivity index (χ2v) is 6.52.